The van der Waals surface area contributed by atoms with E-state index in [1.54, 1.807) is 0 Å². The van der Waals surface area contributed by atoms with Crippen LogP contribution in [-0.2, 0) is 0 Å². The molecular formula is C14H15N. The highest BCUT2D eigenvalue weighted by Crippen LogP contribution is 2.25. The Bertz CT molecular complexity index is 466. The SMILES string of the molecule is CCC/C=N\c1cccc2ccccc12. The van der Waals surface area contributed by atoms with Gasteiger partial charge in [-0.15, -0.1) is 0 Å². The van der Waals surface area contributed by atoms with Crippen molar-refractivity contribution in [1.29, 1.82) is 0 Å². The third-order valence-corrected chi connectivity index (χ3v) is 2.41. The fourth-order valence-corrected chi connectivity index (χ4v) is 1.61. The van der Waals surface area contributed by atoms with E-state index < -0.39 is 0 Å². The Morgan fingerprint density at radius 1 is 1.07 bits per heavy atom. The molecule has 0 saturated heterocycles. The molecule has 2 aromatic rings. The summed E-state index contributed by atoms with van der Waals surface area (Å²) in [4.78, 5) is 4.50. The number of unbranched alkanes of at least 4 members (excludes halogenated alkanes) is 1. The molecule has 1 nitrogen and oxygen atoms in total. The van der Waals surface area contributed by atoms with Gasteiger partial charge in [-0.1, -0.05) is 49.7 Å². The van der Waals surface area contributed by atoms with Crippen molar-refractivity contribution in [3.8, 4) is 0 Å². The molecule has 0 saturated carbocycles. The molecule has 2 rings (SSSR count). The molecule has 0 spiro atoms. The molecule has 0 aliphatic rings. The molecule has 15 heavy (non-hydrogen) atoms. The van der Waals surface area contributed by atoms with Gasteiger partial charge in [0.25, 0.3) is 0 Å². The number of rotatable bonds is 3. The van der Waals surface area contributed by atoms with Gasteiger partial charge in [-0.05, 0) is 17.9 Å². The lowest BCUT2D eigenvalue weighted by molar-refractivity contribution is 1.01. The van der Waals surface area contributed by atoms with Gasteiger partial charge >= 0.3 is 0 Å². The lowest BCUT2D eigenvalue weighted by Gasteiger charge is -2.00. The van der Waals surface area contributed by atoms with Crippen LogP contribution in [0.25, 0.3) is 10.8 Å². The number of nitrogens with zero attached hydrogens (tertiary/aromatic N) is 1. The van der Waals surface area contributed by atoms with E-state index in [2.05, 4.69) is 54.4 Å². The molecule has 0 atom stereocenters. The van der Waals surface area contributed by atoms with Crippen LogP contribution in [0.4, 0.5) is 5.69 Å². The van der Waals surface area contributed by atoms with Crippen LogP contribution in [0, 0.1) is 0 Å². The Hall–Kier alpha value is -1.63. The standard InChI is InChI=1S/C14H15N/c1-2-3-11-15-14-10-6-8-12-7-4-5-9-13(12)14/h4-11H,2-3H2,1H3/b15-11-. The molecule has 76 valence electrons. The van der Waals surface area contributed by atoms with Crippen LogP contribution in [0.2, 0.25) is 0 Å². The zero-order valence-electron chi connectivity index (χ0n) is 8.98. The van der Waals surface area contributed by atoms with Gasteiger partial charge in [-0.3, -0.25) is 4.99 Å². The van der Waals surface area contributed by atoms with Gasteiger partial charge in [0.15, 0.2) is 0 Å². The predicted octanol–water partition coefficient (Wildman–Crippen LogP) is 4.34. The van der Waals surface area contributed by atoms with Crippen molar-refractivity contribution in [3.63, 3.8) is 0 Å². The summed E-state index contributed by atoms with van der Waals surface area (Å²) in [6, 6.07) is 14.6. The van der Waals surface area contributed by atoms with Crippen LogP contribution in [0.3, 0.4) is 0 Å². The second kappa shape index (κ2) is 4.74. The third-order valence-electron chi connectivity index (χ3n) is 2.41. The molecule has 0 aliphatic heterocycles. The Morgan fingerprint density at radius 3 is 2.73 bits per heavy atom. The highest BCUT2D eigenvalue weighted by atomic mass is 14.7. The fraction of sp³-hybridized carbons (Fsp3) is 0.214. The summed E-state index contributed by atoms with van der Waals surface area (Å²) in [5.74, 6) is 0. The van der Waals surface area contributed by atoms with Gasteiger partial charge in [-0.25, -0.2) is 0 Å². The molecule has 0 radical (unpaired) electrons. The molecule has 2 aromatic carbocycles. The van der Waals surface area contributed by atoms with Gasteiger partial charge in [0, 0.05) is 11.6 Å². The molecular weight excluding hydrogens is 182 g/mol. The molecule has 0 heterocycles. The maximum atomic E-state index is 4.50. The molecule has 0 aliphatic carbocycles. The number of aliphatic imine (C=N–C) groups is 1. The number of benzene rings is 2. The van der Waals surface area contributed by atoms with Crippen molar-refractivity contribution in [2.45, 2.75) is 19.8 Å². The second-order valence-electron chi connectivity index (χ2n) is 3.60. The first-order chi connectivity index (χ1) is 7.42. The van der Waals surface area contributed by atoms with Crippen LogP contribution in [-0.4, -0.2) is 6.21 Å². The second-order valence-corrected chi connectivity index (χ2v) is 3.60. The molecule has 1 heteroatoms. The van der Waals surface area contributed by atoms with E-state index in [1.165, 1.54) is 10.8 Å². The summed E-state index contributed by atoms with van der Waals surface area (Å²) in [5, 5.41) is 2.48. The number of hydrogen-bond acceptors (Lipinski definition) is 1. The van der Waals surface area contributed by atoms with Crippen molar-refractivity contribution >= 4 is 22.7 Å². The van der Waals surface area contributed by atoms with Gasteiger partial charge in [0.2, 0.25) is 0 Å². The lowest BCUT2D eigenvalue weighted by Crippen LogP contribution is -1.75. The summed E-state index contributed by atoms with van der Waals surface area (Å²) in [5.41, 5.74) is 1.07. The largest absolute Gasteiger partial charge is 0.261 e. The summed E-state index contributed by atoms with van der Waals surface area (Å²) in [6.45, 7) is 2.16. The summed E-state index contributed by atoms with van der Waals surface area (Å²) in [6.07, 6.45) is 4.19. The van der Waals surface area contributed by atoms with E-state index in [1.807, 2.05) is 6.21 Å². The van der Waals surface area contributed by atoms with Crippen molar-refractivity contribution in [2.75, 3.05) is 0 Å². The highest BCUT2D eigenvalue weighted by molar-refractivity contribution is 5.93. The molecule has 0 N–H and O–H groups in total. The Kier molecular flexibility index (Phi) is 3.13. The van der Waals surface area contributed by atoms with E-state index in [-0.39, 0.29) is 0 Å². The van der Waals surface area contributed by atoms with Gasteiger partial charge in [0.1, 0.15) is 0 Å². The zero-order chi connectivity index (χ0) is 10.5. The number of fused-ring (bicyclic) bond motifs is 1. The molecule has 0 unspecified atom stereocenters. The first-order valence-electron chi connectivity index (χ1n) is 5.42. The van der Waals surface area contributed by atoms with Gasteiger partial charge in [-0.2, -0.15) is 0 Å². The monoisotopic (exact) mass is 197 g/mol. The average molecular weight is 197 g/mol. The maximum absolute atomic E-state index is 4.50. The van der Waals surface area contributed by atoms with Crippen molar-refractivity contribution in [1.82, 2.24) is 0 Å². The van der Waals surface area contributed by atoms with Crippen LogP contribution in [0.15, 0.2) is 47.5 Å². The normalized spacial score (nSPS) is 11.3. The minimum absolute atomic E-state index is 1.04. The molecule has 0 fully saturated rings. The lowest BCUT2D eigenvalue weighted by atomic mass is 10.1. The quantitative estimate of drug-likeness (QED) is 0.649. The van der Waals surface area contributed by atoms with E-state index in [4.69, 9.17) is 0 Å². The van der Waals surface area contributed by atoms with Crippen LogP contribution in [0.5, 0.6) is 0 Å². The molecule has 0 aromatic heterocycles. The van der Waals surface area contributed by atoms with Crippen molar-refractivity contribution in [3.05, 3.63) is 42.5 Å². The summed E-state index contributed by atoms with van der Waals surface area (Å²) < 4.78 is 0. The first kappa shape index (κ1) is 9.91. The van der Waals surface area contributed by atoms with E-state index in [0.29, 0.717) is 0 Å². The minimum Gasteiger partial charge on any atom is -0.261 e. The van der Waals surface area contributed by atoms with E-state index in [0.717, 1.165) is 18.5 Å². The molecule has 0 amide bonds. The number of hydrogen-bond donors (Lipinski definition) is 0. The van der Waals surface area contributed by atoms with E-state index >= 15 is 0 Å². The van der Waals surface area contributed by atoms with E-state index in [9.17, 15) is 0 Å². The third kappa shape index (κ3) is 2.24. The highest BCUT2D eigenvalue weighted by Gasteiger charge is 1.96. The van der Waals surface area contributed by atoms with Crippen molar-refractivity contribution in [2.24, 2.45) is 4.99 Å². The van der Waals surface area contributed by atoms with Gasteiger partial charge in [0.05, 0.1) is 5.69 Å². The average Bonchev–Trinajstić information content (AvgIpc) is 2.30. The van der Waals surface area contributed by atoms with Crippen LogP contribution < -0.4 is 0 Å². The Morgan fingerprint density at radius 2 is 1.87 bits per heavy atom. The summed E-state index contributed by atoms with van der Waals surface area (Å²) in [7, 11) is 0. The molecule has 0 bridgehead atoms. The predicted molar refractivity (Wildman–Crippen MR) is 67.0 cm³/mol. The Labute approximate surface area is 90.5 Å². The summed E-state index contributed by atoms with van der Waals surface area (Å²) >= 11 is 0. The maximum Gasteiger partial charge on any atom is 0.0704 e. The first-order valence-corrected chi connectivity index (χ1v) is 5.42. The smallest absolute Gasteiger partial charge is 0.0704 e. The van der Waals surface area contributed by atoms with Gasteiger partial charge < -0.3 is 0 Å². The fourth-order valence-electron chi connectivity index (χ4n) is 1.61. The zero-order valence-corrected chi connectivity index (χ0v) is 8.98. The van der Waals surface area contributed by atoms with Crippen molar-refractivity contribution < 1.29 is 0 Å². The van der Waals surface area contributed by atoms with Crippen LogP contribution >= 0.6 is 0 Å². The van der Waals surface area contributed by atoms with Crippen LogP contribution in [0.1, 0.15) is 19.8 Å². The topological polar surface area (TPSA) is 12.4 Å². The minimum atomic E-state index is 1.04. The Balaban J connectivity index is 2.42.